The lowest BCUT2D eigenvalue weighted by molar-refractivity contribution is 0.632. The Bertz CT molecular complexity index is 632. The van der Waals surface area contributed by atoms with Gasteiger partial charge < -0.3 is 5.32 Å². The molecule has 20 heavy (non-hydrogen) atoms. The molecule has 0 bridgehead atoms. The van der Waals surface area contributed by atoms with Crippen LogP contribution in [0.15, 0.2) is 24.3 Å². The van der Waals surface area contributed by atoms with Crippen molar-refractivity contribution < 1.29 is 0 Å². The summed E-state index contributed by atoms with van der Waals surface area (Å²) in [6.07, 6.45) is 0. The number of hydrogen-bond acceptors (Lipinski definition) is 3. The van der Waals surface area contributed by atoms with Crippen molar-refractivity contribution in [3.05, 3.63) is 46.8 Å². The van der Waals surface area contributed by atoms with E-state index in [-0.39, 0.29) is 6.04 Å². The SMILES string of the molecule is CCn1nc(C)c(C(C)Nc2ccc(C#N)cc2)c1C. The van der Waals surface area contributed by atoms with Crippen LogP contribution in [0.2, 0.25) is 0 Å². The van der Waals surface area contributed by atoms with Crippen molar-refractivity contribution in [3.63, 3.8) is 0 Å². The maximum absolute atomic E-state index is 8.81. The fourth-order valence-electron chi connectivity index (χ4n) is 2.61. The highest BCUT2D eigenvalue weighted by Gasteiger charge is 2.16. The third-order valence-electron chi connectivity index (χ3n) is 3.57. The summed E-state index contributed by atoms with van der Waals surface area (Å²) in [6.45, 7) is 9.27. The monoisotopic (exact) mass is 268 g/mol. The minimum absolute atomic E-state index is 0.184. The molecule has 2 aromatic rings. The maximum Gasteiger partial charge on any atom is 0.0991 e. The van der Waals surface area contributed by atoms with Gasteiger partial charge in [0.15, 0.2) is 0 Å². The van der Waals surface area contributed by atoms with Gasteiger partial charge in [0.25, 0.3) is 0 Å². The fraction of sp³-hybridized carbons (Fsp3) is 0.375. The molecule has 1 unspecified atom stereocenters. The summed E-state index contributed by atoms with van der Waals surface area (Å²) in [5.74, 6) is 0. The zero-order valence-electron chi connectivity index (χ0n) is 12.4. The van der Waals surface area contributed by atoms with E-state index in [0.29, 0.717) is 5.56 Å². The summed E-state index contributed by atoms with van der Waals surface area (Å²) in [5, 5.41) is 16.8. The van der Waals surface area contributed by atoms with E-state index in [1.54, 1.807) is 0 Å². The molecular formula is C16H20N4. The van der Waals surface area contributed by atoms with E-state index in [2.05, 4.69) is 37.3 Å². The predicted octanol–water partition coefficient (Wildman–Crippen LogP) is 3.56. The van der Waals surface area contributed by atoms with Crippen LogP contribution in [0.5, 0.6) is 0 Å². The molecule has 0 aliphatic heterocycles. The van der Waals surface area contributed by atoms with E-state index in [4.69, 9.17) is 5.26 Å². The zero-order chi connectivity index (χ0) is 14.7. The van der Waals surface area contributed by atoms with Gasteiger partial charge in [-0.2, -0.15) is 10.4 Å². The molecule has 0 fully saturated rings. The van der Waals surface area contributed by atoms with Gasteiger partial charge in [-0.15, -0.1) is 0 Å². The molecule has 2 rings (SSSR count). The van der Waals surface area contributed by atoms with Crippen molar-refractivity contribution >= 4 is 5.69 Å². The van der Waals surface area contributed by atoms with Gasteiger partial charge in [0.05, 0.1) is 23.4 Å². The fourth-order valence-corrected chi connectivity index (χ4v) is 2.61. The van der Waals surface area contributed by atoms with Crippen molar-refractivity contribution in [3.8, 4) is 6.07 Å². The molecule has 1 aromatic carbocycles. The van der Waals surface area contributed by atoms with Gasteiger partial charge in [0, 0.05) is 23.5 Å². The Labute approximate surface area is 120 Å². The molecule has 0 amide bonds. The first-order valence-electron chi connectivity index (χ1n) is 6.87. The van der Waals surface area contributed by atoms with Crippen LogP contribution >= 0.6 is 0 Å². The summed E-state index contributed by atoms with van der Waals surface area (Å²) in [4.78, 5) is 0. The highest BCUT2D eigenvalue weighted by molar-refractivity contribution is 5.49. The zero-order valence-corrected chi connectivity index (χ0v) is 12.4. The van der Waals surface area contributed by atoms with E-state index < -0.39 is 0 Å². The summed E-state index contributed by atoms with van der Waals surface area (Å²) < 4.78 is 2.03. The molecule has 4 heteroatoms. The van der Waals surface area contributed by atoms with Crippen molar-refractivity contribution in [2.24, 2.45) is 0 Å². The third kappa shape index (κ3) is 2.67. The van der Waals surface area contributed by atoms with E-state index >= 15 is 0 Å². The molecule has 1 aromatic heterocycles. The van der Waals surface area contributed by atoms with Crippen LogP contribution in [0, 0.1) is 25.2 Å². The Morgan fingerprint density at radius 2 is 1.95 bits per heavy atom. The lowest BCUT2D eigenvalue weighted by Gasteiger charge is -2.16. The molecule has 0 aliphatic rings. The second-order valence-corrected chi connectivity index (χ2v) is 4.96. The molecule has 0 saturated carbocycles. The van der Waals surface area contributed by atoms with Crippen LogP contribution < -0.4 is 5.32 Å². The standard InChI is InChI=1S/C16H20N4/c1-5-20-13(4)16(12(3)19-20)11(2)18-15-8-6-14(10-17)7-9-15/h6-9,11,18H,5H2,1-4H3. The maximum atomic E-state index is 8.81. The smallest absolute Gasteiger partial charge is 0.0991 e. The minimum atomic E-state index is 0.184. The van der Waals surface area contributed by atoms with Crippen LogP contribution in [0.1, 0.15) is 42.4 Å². The predicted molar refractivity (Wildman–Crippen MR) is 80.6 cm³/mol. The van der Waals surface area contributed by atoms with Crippen molar-refractivity contribution in [2.75, 3.05) is 5.32 Å². The number of aromatic nitrogens is 2. The normalized spacial score (nSPS) is 11.9. The molecule has 0 radical (unpaired) electrons. The van der Waals surface area contributed by atoms with Gasteiger partial charge in [-0.1, -0.05) is 0 Å². The summed E-state index contributed by atoms with van der Waals surface area (Å²) in [7, 11) is 0. The van der Waals surface area contributed by atoms with E-state index in [9.17, 15) is 0 Å². The highest BCUT2D eigenvalue weighted by atomic mass is 15.3. The number of nitriles is 1. The lowest BCUT2D eigenvalue weighted by atomic mass is 10.1. The second-order valence-electron chi connectivity index (χ2n) is 4.96. The largest absolute Gasteiger partial charge is 0.378 e. The van der Waals surface area contributed by atoms with Crippen LogP contribution in [-0.4, -0.2) is 9.78 Å². The summed E-state index contributed by atoms with van der Waals surface area (Å²) in [6, 6.07) is 9.83. The molecule has 104 valence electrons. The first-order chi connectivity index (χ1) is 9.56. The van der Waals surface area contributed by atoms with Gasteiger partial charge >= 0.3 is 0 Å². The first-order valence-corrected chi connectivity index (χ1v) is 6.87. The van der Waals surface area contributed by atoms with Gasteiger partial charge in [-0.25, -0.2) is 0 Å². The lowest BCUT2D eigenvalue weighted by Crippen LogP contribution is -2.09. The number of aryl methyl sites for hydroxylation is 2. The molecule has 0 saturated heterocycles. The van der Waals surface area contributed by atoms with Crippen molar-refractivity contribution in [1.82, 2.24) is 9.78 Å². The molecule has 1 N–H and O–H groups in total. The first kappa shape index (κ1) is 14.1. The Hall–Kier alpha value is -2.28. The van der Waals surface area contributed by atoms with Crippen LogP contribution in [0.25, 0.3) is 0 Å². The summed E-state index contributed by atoms with van der Waals surface area (Å²) >= 11 is 0. The van der Waals surface area contributed by atoms with Crippen LogP contribution in [-0.2, 0) is 6.54 Å². The van der Waals surface area contributed by atoms with Crippen LogP contribution in [0.3, 0.4) is 0 Å². The van der Waals surface area contributed by atoms with Crippen LogP contribution in [0.4, 0.5) is 5.69 Å². The number of anilines is 1. The quantitative estimate of drug-likeness (QED) is 0.922. The Balaban J connectivity index is 2.21. The molecule has 1 atom stereocenters. The average Bonchev–Trinajstić information content (AvgIpc) is 2.74. The number of nitrogens with one attached hydrogen (secondary N) is 1. The molecule has 4 nitrogen and oxygen atoms in total. The van der Waals surface area contributed by atoms with Crippen molar-refractivity contribution in [1.29, 1.82) is 5.26 Å². The second kappa shape index (κ2) is 5.79. The van der Waals surface area contributed by atoms with E-state index in [1.165, 1.54) is 11.3 Å². The number of hydrogen-bond donors (Lipinski definition) is 1. The average molecular weight is 268 g/mol. The van der Waals surface area contributed by atoms with Gasteiger partial charge in [0.1, 0.15) is 0 Å². The van der Waals surface area contributed by atoms with E-state index in [1.807, 2.05) is 35.9 Å². The molecule has 0 spiro atoms. The van der Waals surface area contributed by atoms with E-state index in [0.717, 1.165) is 17.9 Å². The van der Waals surface area contributed by atoms with Crippen molar-refractivity contribution in [2.45, 2.75) is 40.3 Å². The molecule has 0 aliphatic carbocycles. The molecular weight excluding hydrogens is 248 g/mol. The Morgan fingerprint density at radius 3 is 2.45 bits per heavy atom. The van der Waals surface area contributed by atoms with Gasteiger partial charge in [-0.05, 0) is 52.0 Å². The Morgan fingerprint density at radius 1 is 1.30 bits per heavy atom. The van der Waals surface area contributed by atoms with Gasteiger partial charge in [0.2, 0.25) is 0 Å². The number of nitrogens with zero attached hydrogens (tertiary/aromatic N) is 3. The summed E-state index contributed by atoms with van der Waals surface area (Å²) in [5.41, 5.74) is 5.21. The number of benzene rings is 1. The van der Waals surface area contributed by atoms with Gasteiger partial charge in [-0.3, -0.25) is 4.68 Å². The highest BCUT2D eigenvalue weighted by Crippen LogP contribution is 2.25. The number of rotatable bonds is 4. The third-order valence-corrected chi connectivity index (χ3v) is 3.57. The molecule has 1 heterocycles. The minimum Gasteiger partial charge on any atom is -0.378 e. The topological polar surface area (TPSA) is 53.6 Å². The Kier molecular flexibility index (Phi) is 4.09.